The fourth-order valence-electron chi connectivity index (χ4n) is 1.13. The highest BCUT2D eigenvalue weighted by Crippen LogP contribution is 2.20. The second-order valence-electron chi connectivity index (χ2n) is 3.54. The molecular formula is C10H16BrN3. The average molecular weight is 258 g/mol. The molecule has 0 bridgehead atoms. The molecule has 78 valence electrons. The lowest BCUT2D eigenvalue weighted by Crippen LogP contribution is -2.24. The molecule has 1 rings (SSSR count). The summed E-state index contributed by atoms with van der Waals surface area (Å²) in [5.74, 6) is 1.50. The van der Waals surface area contributed by atoms with Crippen molar-refractivity contribution >= 4 is 21.7 Å². The van der Waals surface area contributed by atoms with Crippen LogP contribution in [0.15, 0.2) is 17.0 Å². The molecule has 0 aliphatic rings. The third-order valence-corrected chi connectivity index (χ3v) is 3.11. The minimum Gasteiger partial charge on any atom is -0.366 e. The van der Waals surface area contributed by atoms with Gasteiger partial charge in [-0.15, -0.1) is 0 Å². The van der Waals surface area contributed by atoms with Gasteiger partial charge >= 0.3 is 0 Å². The maximum atomic E-state index is 4.17. The first-order valence-corrected chi connectivity index (χ1v) is 5.66. The lowest BCUT2D eigenvalue weighted by atomic mass is 10.0. The van der Waals surface area contributed by atoms with Gasteiger partial charge in [0.2, 0.25) is 0 Å². The quantitative estimate of drug-likeness (QED) is 0.901. The normalized spacial score (nSPS) is 14.9. The fourth-order valence-corrected chi connectivity index (χ4v) is 1.47. The maximum absolute atomic E-state index is 4.17. The Morgan fingerprint density at radius 3 is 2.79 bits per heavy atom. The summed E-state index contributed by atoms with van der Waals surface area (Å²) in [6.07, 6.45) is 4.46. The van der Waals surface area contributed by atoms with E-state index in [1.54, 1.807) is 12.5 Å². The molecule has 1 aromatic heterocycles. The summed E-state index contributed by atoms with van der Waals surface area (Å²) in [7, 11) is 0. The van der Waals surface area contributed by atoms with E-state index in [2.05, 4.69) is 52.0 Å². The molecule has 3 nitrogen and oxygen atoms in total. The lowest BCUT2D eigenvalue weighted by Gasteiger charge is -2.20. The largest absolute Gasteiger partial charge is 0.366 e. The Balaban J connectivity index is 2.64. The van der Waals surface area contributed by atoms with Crippen molar-refractivity contribution in [3.63, 3.8) is 0 Å². The van der Waals surface area contributed by atoms with Gasteiger partial charge in [0.1, 0.15) is 12.1 Å². The Morgan fingerprint density at radius 2 is 2.21 bits per heavy atom. The lowest BCUT2D eigenvalue weighted by molar-refractivity contribution is 0.493. The molecule has 1 aromatic rings. The van der Waals surface area contributed by atoms with E-state index in [1.165, 1.54) is 0 Å². The molecule has 0 radical (unpaired) electrons. The van der Waals surface area contributed by atoms with Crippen molar-refractivity contribution in [3.05, 3.63) is 17.0 Å². The van der Waals surface area contributed by atoms with Gasteiger partial charge in [-0.25, -0.2) is 9.97 Å². The molecule has 1 N–H and O–H groups in total. The fraction of sp³-hybridized carbons (Fsp3) is 0.600. The number of hydrogen-bond acceptors (Lipinski definition) is 3. The number of anilines is 1. The molecule has 0 aromatic carbocycles. The van der Waals surface area contributed by atoms with Gasteiger partial charge in [0.05, 0.1) is 4.47 Å². The van der Waals surface area contributed by atoms with Crippen LogP contribution in [0, 0.1) is 5.92 Å². The second-order valence-corrected chi connectivity index (χ2v) is 4.39. The van der Waals surface area contributed by atoms with Crippen LogP contribution in [0.25, 0.3) is 0 Å². The van der Waals surface area contributed by atoms with E-state index >= 15 is 0 Å². The molecule has 2 unspecified atom stereocenters. The number of rotatable bonds is 4. The number of nitrogens with one attached hydrogen (secondary N) is 1. The summed E-state index contributed by atoms with van der Waals surface area (Å²) in [5, 5.41) is 3.36. The van der Waals surface area contributed by atoms with Crippen LogP contribution in [0.5, 0.6) is 0 Å². The number of hydrogen-bond donors (Lipinski definition) is 1. The van der Waals surface area contributed by atoms with Crippen LogP contribution in [-0.4, -0.2) is 16.0 Å². The van der Waals surface area contributed by atoms with Crippen molar-refractivity contribution in [2.24, 2.45) is 5.92 Å². The van der Waals surface area contributed by atoms with Gasteiger partial charge in [-0.1, -0.05) is 20.3 Å². The summed E-state index contributed by atoms with van der Waals surface area (Å²) in [4.78, 5) is 8.09. The van der Waals surface area contributed by atoms with Crippen molar-refractivity contribution in [2.45, 2.75) is 33.2 Å². The highest BCUT2D eigenvalue weighted by Gasteiger charge is 2.11. The average Bonchev–Trinajstić information content (AvgIpc) is 2.20. The van der Waals surface area contributed by atoms with Crippen LogP contribution in [0.2, 0.25) is 0 Å². The van der Waals surface area contributed by atoms with Gasteiger partial charge in [0, 0.05) is 12.2 Å². The SMILES string of the molecule is CCC(C)C(C)Nc1ncncc1Br. The summed E-state index contributed by atoms with van der Waals surface area (Å²) in [6.45, 7) is 6.59. The van der Waals surface area contributed by atoms with Crippen molar-refractivity contribution in [2.75, 3.05) is 5.32 Å². The Morgan fingerprint density at radius 1 is 1.50 bits per heavy atom. The Hall–Kier alpha value is -0.640. The zero-order valence-corrected chi connectivity index (χ0v) is 10.4. The molecule has 0 saturated heterocycles. The molecule has 14 heavy (non-hydrogen) atoms. The zero-order valence-electron chi connectivity index (χ0n) is 8.79. The van der Waals surface area contributed by atoms with Crippen LogP contribution < -0.4 is 5.32 Å². The monoisotopic (exact) mass is 257 g/mol. The number of aromatic nitrogens is 2. The first kappa shape index (κ1) is 11.4. The van der Waals surface area contributed by atoms with E-state index in [0.29, 0.717) is 12.0 Å². The van der Waals surface area contributed by atoms with E-state index < -0.39 is 0 Å². The molecule has 0 fully saturated rings. The summed E-state index contributed by atoms with van der Waals surface area (Å²) in [5.41, 5.74) is 0. The third-order valence-electron chi connectivity index (χ3n) is 2.53. The van der Waals surface area contributed by atoms with Gasteiger partial charge < -0.3 is 5.32 Å². The number of nitrogens with zero attached hydrogens (tertiary/aromatic N) is 2. The predicted molar refractivity (Wildman–Crippen MR) is 62.3 cm³/mol. The van der Waals surface area contributed by atoms with E-state index in [9.17, 15) is 0 Å². The molecule has 0 aliphatic carbocycles. The maximum Gasteiger partial charge on any atom is 0.143 e. The van der Waals surface area contributed by atoms with Gasteiger partial charge in [-0.3, -0.25) is 0 Å². The molecule has 0 saturated carbocycles. The van der Waals surface area contributed by atoms with Crippen molar-refractivity contribution in [1.82, 2.24) is 9.97 Å². The molecule has 1 heterocycles. The van der Waals surface area contributed by atoms with Crippen LogP contribution >= 0.6 is 15.9 Å². The Labute approximate surface area is 93.5 Å². The van der Waals surface area contributed by atoms with E-state index in [-0.39, 0.29) is 0 Å². The standard InChI is InChI=1S/C10H16BrN3/c1-4-7(2)8(3)14-10-9(11)5-12-6-13-10/h5-8H,4H2,1-3H3,(H,12,13,14). The topological polar surface area (TPSA) is 37.8 Å². The summed E-state index contributed by atoms with van der Waals surface area (Å²) in [6, 6.07) is 0.422. The minimum absolute atomic E-state index is 0.422. The molecular weight excluding hydrogens is 242 g/mol. The molecule has 0 aliphatic heterocycles. The van der Waals surface area contributed by atoms with E-state index in [0.717, 1.165) is 16.7 Å². The van der Waals surface area contributed by atoms with Crippen molar-refractivity contribution < 1.29 is 0 Å². The van der Waals surface area contributed by atoms with Gasteiger partial charge in [-0.05, 0) is 28.8 Å². The second kappa shape index (κ2) is 5.29. The highest BCUT2D eigenvalue weighted by molar-refractivity contribution is 9.10. The van der Waals surface area contributed by atoms with Crippen LogP contribution in [-0.2, 0) is 0 Å². The molecule has 0 amide bonds. The minimum atomic E-state index is 0.422. The summed E-state index contributed by atoms with van der Waals surface area (Å²) < 4.78 is 0.912. The smallest absolute Gasteiger partial charge is 0.143 e. The number of halogens is 1. The Bertz CT molecular complexity index is 290. The zero-order chi connectivity index (χ0) is 10.6. The first-order chi connectivity index (χ1) is 6.65. The van der Waals surface area contributed by atoms with Gasteiger partial charge in [0.25, 0.3) is 0 Å². The molecule has 0 spiro atoms. The molecule has 2 atom stereocenters. The van der Waals surface area contributed by atoms with Gasteiger partial charge in [-0.2, -0.15) is 0 Å². The summed E-state index contributed by atoms with van der Waals surface area (Å²) >= 11 is 3.41. The highest BCUT2D eigenvalue weighted by atomic mass is 79.9. The van der Waals surface area contributed by atoms with Crippen molar-refractivity contribution in [3.8, 4) is 0 Å². The van der Waals surface area contributed by atoms with Crippen LogP contribution in [0.4, 0.5) is 5.82 Å². The molecule has 4 heteroatoms. The van der Waals surface area contributed by atoms with E-state index in [4.69, 9.17) is 0 Å². The van der Waals surface area contributed by atoms with Crippen LogP contribution in [0.3, 0.4) is 0 Å². The van der Waals surface area contributed by atoms with Crippen LogP contribution in [0.1, 0.15) is 27.2 Å². The first-order valence-electron chi connectivity index (χ1n) is 4.87. The Kier molecular flexibility index (Phi) is 4.32. The predicted octanol–water partition coefficient (Wildman–Crippen LogP) is 3.09. The van der Waals surface area contributed by atoms with E-state index in [1.807, 2.05) is 0 Å². The van der Waals surface area contributed by atoms with Gasteiger partial charge in [0.15, 0.2) is 0 Å². The third kappa shape index (κ3) is 2.94. The van der Waals surface area contributed by atoms with Crippen molar-refractivity contribution in [1.29, 1.82) is 0 Å².